The highest BCUT2D eigenvalue weighted by molar-refractivity contribution is 5.73. The van der Waals surface area contributed by atoms with Crippen LogP contribution in [0.25, 0.3) is 11.0 Å². The summed E-state index contributed by atoms with van der Waals surface area (Å²) in [6, 6.07) is 0.897. The summed E-state index contributed by atoms with van der Waals surface area (Å²) in [6.07, 6.45) is -1.20. The van der Waals surface area contributed by atoms with Crippen LogP contribution in [0.15, 0.2) is 17.1 Å². The van der Waals surface area contributed by atoms with E-state index in [1.165, 1.54) is 10.9 Å². The smallest absolute Gasteiger partial charge is 0.278 e. The van der Waals surface area contributed by atoms with Gasteiger partial charge in [0.1, 0.15) is 0 Å². The Morgan fingerprint density at radius 1 is 1.57 bits per heavy atom. The van der Waals surface area contributed by atoms with Crippen molar-refractivity contribution in [1.29, 1.82) is 0 Å². The Hall–Kier alpha value is -1.72. The van der Waals surface area contributed by atoms with Crippen LogP contribution in [0.2, 0.25) is 0 Å². The van der Waals surface area contributed by atoms with Gasteiger partial charge >= 0.3 is 0 Å². The molecule has 0 unspecified atom stereocenters. The zero-order valence-corrected chi connectivity index (χ0v) is 7.29. The van der Waals surface area contributed by atoms with Gasteiger partial charge in [0.05, 0.1) is 11.1 Å². The van der Waals surface area contributed by atoms with Crippen LogP contribution in [0, 0.1) is 0 Å². The van der Waals surface area contributed by atoms with Crippen molar-refractivity contribution in [1.82, 2.24) is 14.8 Å². The SMILES string of the molecule is Cn1cc2c(=O)cc(C(F)F)[nH]c2n1. The first kappa shape index (κ1) is 8.86. The van der Waals surface area contributed by atoms with E-state index in [2.05, 4.69) is 10.1 Å². The van der Waals surface area contributed by atoms with Crippen LogP contribution in [0.3, 0.4) is 0 Å². The van der Waals surface area contributed by atoms with Gasteiger partial charge in [0.15, 0.2) is 11.1 Å². The number of nitrogens with one attached hydrogen (secondary N) is 1. The second kappa shape index (κ2) is 2.90. The molecule has 6 heteroatoms. The van der Waals surface area contributed by atoms with Gasteiger partial charge in [-0.15, -0.1) is 0 Å². The number of aromatic nitrogens is 3. The maximum absolute atomic E-state index is 12.3. The van der Waals surface area contributed by atoms with Gasteiger partial charge in [0.2, 0.25) is 0 Å². The van der Waals surface area contributed by atoms with Gasteiger partial charge in [-0.1, -0.05) is 0 Å². The van der Waals surface area contributed by atoms with Gasteiger partial charge < -0.3 is 4.98 Å². The lowest BCUT2D eigenvalue weighted by Crippen LogP contribution is -2.04. The largest absolute Gasteiger partial charge is 0.337 e. The molecule has 1 N–H and O–H groups in total. The van der Waals surface area contributed by atoms with Crippen molar-refractivity contribution < 1.29 is 8.78 Å². The van der Waals surface area contributed by atoms with Gasteiger partial charge in [-0.05, 0) is 0 Å². The molecule has 0 fully saturated rings. The number of halogens is 2. The number of alkyl halides is 2. The standard InChI is InChI=1S/C8H7F2N3O/c1-13-3-4-6(14)2-5(7(9)10)11-8(4)12-13/h2-3,7H,1H3,(H,11,12). The Balaban J connectivity index is 2.78. The van der Waals surface area contributed by atoms with Crippen LogP contribution in [0.5, 0.6) is 0 Å². The van der Waals surface area contributed by atoms with E-state index in [1.54, 1.807) is 7.05 Å². The van der Waals surface area contributed by atoms with E-state index in [0.29, 0.717) is 5.39 Å². The van der Waals surface area contributed by atoms with Gasteiger partial charge in [-0.3, -0.25) is 9.48 Å². The minimum absolute atomic E-state index is 0.190. The molecular weight excluding hydrogens is 192 g/mol. The van der Waals surface area contributed by atoms with Gasteiger partial charge in [0, 0.05) is 19.3 Å². The molecule has 2 aromatic heterocycles. The summed E-state index contributed by atoms with van der Waals surface area (Å²) >= 11 is 0. The second-order valence-electron chi connectivity index (χ2n) is 2.95. The molecule has 0 spiro atoms. The first-order valence-corrected chi connectivity index (χ1v) is 3.92. The Bertz CT molecular complexity index is 529. The normalized spacial score (nSPS) is 11.4. The van der Waals surface area contributed by atoms with Crippen molar-refractivity contribution in [3.05, 3.63) is 28.2 Å². The lowest BCUT2D eigenvalue weighted by Gasteiger charge is -1.97. The van der Waals surface area contributed by atoms with Crippen LogP contribution < -0.4 is 5.43 Å². The zero-order chi connectivity index (χ0) is 10.3. The molecule has 0 radical (unpaired) electrons. The minimum atomic E-state index is -2.69. The van der Waals surface area contributed by atoms with Crippen LogP contribution in [0.4, 0.5) is 8.78 Å². The third-order valence-corrected chi connectivity index (χ3v) is 1.88. The highest BCUT2D eigenvalue weighted by Gasteiger charge is 2.12. The first-order chi connectivity index (χ1) is 6.58. The van der Waals surface area contributed by atoms with E-state index < -0.39 is 17.5 Å². The van der Waals surface area contributed by atoms with Crippen LogP contribution in [0.1, 0.15) is 12.1 Å². The molecule has 14 heavy (non-hydrogen) atoms. The fourth-order valence-corrected chi connectivity index (χ4v) is 1.27. The van der Waals surface area contributed by atoms with Gasteiger partial charge in [0.25, 0.3) is 6.43 Å². The molecule has 0 amide bonds. The Labute approximate surface area is 77.2 Å². The number of pyridine rings is 1. The van der Waals surface area contributed by atoms with Crippen molar-refractivity contribution in [2.75, 3.05) is 0 Å². The maximum atomic E-state index is 12.3. The molecule has 0 atom stereocenters. The number of hydrogen-bond acceptors (Lipinski definition) is 2. The molecule has 0 saturated carbocycles. The van der Waals surface area contributed by atoms with Crippen LogP contribution in [-0.2, 0) is 7.05 Å². The second-order valence-corrected chi connectivity index (χ2v) is 2.95. The fraction of sp³-hybridized carbons (Fsp3) is 0.250. The Morgan fingerprint density at radius 3 is 2.93 bits per heavy atom. The number of nitrogens with zero attached hydrogens (tertiary/aromatic N) is 2. The molecule has 2 rings (SSSR count). The van der Waals surface area contributed by atoms with Crippen molar-refractivity contribution in [2.45, 2.75) is 6.43 Å². The van der Waals surface area contributed by atoms with Crippen molar-refractivity contribution in [3.8, 4) is 0 Å². The molecule has 0 aliphatic rings. The Kier molecular flexibility index (Phi) is 1.83. The lowest BCUT2D eigenvalue weighted by molar-refractivity contribution is 0.146. The van der Waals surface area contributed by atoms with Crippen LogP contribution in [-0.4, -0.2) is 14.8 Å². The quantitative estimate of drug-likeness (QED) is 0.750. The van der Waals surface area contributed by atoms with E-state index >= 15 is 0 Å². The summed E-state index contributed by atoms with van der Waals surface area (Å²) < 4.78 is 26.0. The number of hydrogen-bond donors (Lipinski definition) is 1. The van der Waals surface area contributed by atoms with Crippen molar-refractivity contribution >= 4 is 11.0 Å². The number of fused-ring (bicyclic) bond motifs is 1. The number of aromatic amines is 1. The molecular formula is C8H7F2N3O. The van der Waals surface area contributed by atoms with E-state index in [9.17, 15) is 13.6 Å². The average Bonchev–Trinajstić information content (AvgIpc) is 2.45. The molecule has 0 saturated heterocycles. The summed E-state index contributed by atoms with van der Waals surface area (Å²) in [5.74, 6) is 0. The number of H-pyrrole nitrogens is 1. The van der Waals surface area contributed by atoms with Gasteiger partial charge in [-0.2, -0.15) is 5.10 Å². The van der Waals surface area contributed by atoms with E-state index in [1.807, 2.05) is 0 Å². The summed E-state index contributed by atoms with van der Waals surface area (Å²) in [5, 5.41) is 4.16. The molecule has 0 aliphatic heterocycles. The zero-order valence-electron chi connectivity index (χ0n) is 7.29. The molecule has 2 aromatic rings. The average molecular weight is 199 g/mol. The summed E-state index contributed by atoms with van der Waals surface area (Å²) in [7, 11) is 1.62. The highest BCUT2D eigenvalue weighted by atomic mass is 19.3. The third-order valence-electron chi connectivity index (χ3n) is 1.88. The lowest BCUT2D eigenvalue weighted by atomic mass is 10.3. The number of rotatable bonds is 1. The van der Waals surface area contributed by atoms with E-state index in [0.717, 1.165) is 6.07 Å². The monoisotopic (exact) mass is 199 g/mol. The minimum Gasteiger partial charge on any atom is -0.337 e. The summed E-state index contributed by atoms with van der Waals surface area (Å²) in [5.41, 5.74) is -0.654. The fourth-order valence-electron chi connectivity index (χ4n) is 1.27. The topological polar surface area (TPSA) is 50.7 Å². The predicted octanol–water partition coefficient (Wildman–Crippen LogP) is 1.20. The molecule has 0 aromatic carbocycles. The van der Waals surface area contributed by atoms with E-state index in [-0.39, 0.29) is 5.65 Å². The molecule has 2 heterocycles. The third kappa shape index (κ3) is 1.28. The van der Waals surface area contributed by atoms with E-state index in [4.69, 9.17) is 0 Å². The first-order valence-electron chi connectivity index (χ1n) is 3.92. The van der Waals surface area contributed by atoms with Gasteiger partial charge in [-0.25, -0.2) is 8.78 Å². The molecule has 0 bridgehead atoms. The molecule has 0 aliphatic carbocycles. The molecule has 74 valence electrons. The number of aryl methyl sites for hydroxylation is 1. The highest BCUT2D eigenvalue weighted by Crippen LogP contribution is 2.16. The summed E-state index contributed by atoms with van der Waals surface area (Å²) in [6.45, 7) is 0. The maximum Gasteiger partial charge on any atom is 0.278 e. The van der Waals surface area contributed by atoms with Crippen LogP contribution >= 0.6 is 0 Å². The predicted molar refractivity (Wildman–Crippen MR) is 46.3 cm³/mol. The molecule has 4 nitrogen and oxygen atoms in total. The Morgan fingerprint density at radius 2 is 2.29 bits per heavy atom. The van der Waals surface area contributed by atoms with Crippen molar-refractivity contribution in [3.63, 3.8) is 0 Å². The summed E-state index contributed by atoms with van der Waals surface area (Å²) in [4.78, 5) is 13.7. The van der Waals surface area contributed by atoms with Crippen molar-refractivity contribution in [2.24, 2.45) is 7.05 Å².